The van der Waals surface area contributed by atoms with Crippen molar-refractivity contribution >= 4 is 33.3 Å². The van der Waals surface area contributed by atoms with Gasteiger partial charge in [-0.05, 0) is 48.4 Å². The first-order valence-corrected chi connectivity index (χ1v) is 7.99. The van der Waals surface area contributed by atoms with E-state index in [9.17, 15) is 19.1 Å². The van der Waals surface area contributed by atoms with Crippen molar-refractivity contribution in [1.29, 1.82) is 0 Å². The van der Waals surface area contributed by atoms with Crippen molar-refractivity contribution < 1.29 is 19.1 Å². The number of halogens is 1. The van der Waals surface area contributed by atoms with Crippen LogP contribution in [0.4, 0.5) is 4.39 Å². The predicted molar refractivity (Wildman–Crippen MR) is 82.8 cm³/mol. The number of hydrogen-bond donors (Lipinski definition) is 2. The van der Waals surface area contributed by atoms with Crippen LogP contribution >= 0.6 is 11.3 Å². The first-order chi connectivity index (χ1) is 10.5. The molecule has 1 unspecified atom stereocenters. The molecule has 1 aromatic heterocycles. The lowest BCUT2D eigenvalue weighted by Crippen LogP contribution is -2.41. The third-order valence-corrected chi connectivity index (χ3v) is 5.25. The topological polar surface area (TPSA) is 66.4 Å². The Labute approximate surface area is 130 Å². The zero-order valence-electron chi connectivity index (χ0n) is 12.1. The molecule has 0 bridgehead atoms. The fraction of sp³-hybridized carbons (Fsp3) is 0.375. The molecule has 6 heteroatoms. The second kappa shape index (κ2) is 5.68. The van der Waals surface area contributed by atoms with Gasteiger partial charge in [-0.2, -0.15) is 0 Å². The average Bonchev–Trinajstić information content (AvgIpc) is 3.22. The predicted octanol–water partition coefficient (Wildman–Crippen LogP) is 3.33. The second-order valence-electron chi connectivity index (χ2n) is 5.74. The van der Waals surface area contributed by atoms with E-state index >= 15 is 0 Å². The molecule has 1 aliphatic carbocycles. The Hall–Kier alpha value is -1.95. The number of hydrogen-bond acceptors (Lipinski definition) is 3. The van der Waals surface area contributed by atoms with Gasteiger partial charge in [-0.1, -0.05) is 12.8 Å². The summed E-state index contributed by atoms with van der Waals surface area (Å²) in [5, 5.41) is 12.5. The van der Waals surface area contributed by atoms with Crippen molar-refractivity contribution in [3.05, 3.63) is 34.5 Å². The molecule has 1 amide bonds. The molecule has 1 heterocycles. The van der Waals surface area contributed by atoms with Gasteiger partial charge in [-0.25, -0.2) is 9.18 Å². The van der Waals surface area contributed by atoms with Gasteiger partial charge in [0, 0.05) is 4.70 Å². The molecule has 0 aliphatic heterocycles. The molecule has 0 spiro atoms. The Bertz CT molecular complexity index is 751. The molecule has 0 radical (unpaired) electrons. The van der Waals surface area contributed by atoms with Crippen LogP contribution in [0.5, 0.6) is 0 Å². The van der Waals surface area contributed by atoms with Gasteiger partial charge in [0.1, 0.15) is 11.9 Å². The molecule has 0 saturated heterocycles. The summed E-state index contributed by atoms with van der Waals surface area (Å²) in [6.45, 7) is 1.75. The minimum atomic E-state index is -1.01. The van der Waals surface area contributed by atoms with Gasteiger partial charge in [-0.3, -0.25) is 4.79 Å². The number of carbonyl (C=O) groups excluding carboxylic acids is 1. The van der Waals surface area contributed by atoms with E-state index in [-0.39, 0.29) is 5.82 Å². The molecular formula is C16H16FNO3S. The summed E-state index contributed by atoms with van der Waals surface area (Å²) in [5.74, 6) is -1.35. The van der Waals surface area contributed by atoms with Crippen LogP contribution in [0, 0.1) is 18.7 Å². The maximum absolute atomic E-state index is 13.3. The smallest absolute Gasteiger partial charge is 0.326 e. The van der Waals surface area contributed by atoms with Crippen molar-refractivity contribution in [1.82, 2.24) is 5.32 Å². The van der Waals surface area contributed by atoms with Crippen LogP contribution in [0.15, 0.2) is 18.2 Å². The monoisotopic (exact) mass is 321 g/mol. The van der Waals surface area contributed by atoms with E-state index in [1.165, 1.54) is 23.5 Å². The van der Waals surface area contributed by atoms with Gasteiger partial charge in [-0.15, -0.1) is 11.3 Å². The van der Waals surface area contributed by atoms with Crippen LogP contribution in [0.1, 0.15) is 34.5 Å². The summed E-state index contributed by atoms with van der Waals surface area (Å²) in [5.41, 5.74) is 0.688. The SMILES string of the molecule is Cc1c(C(=O)NC(CC2CC2)C(=O)O)sc2ccc(F)cc12. The van der Waals surface area contributed by atoms with Crippen LogP contribution in [0.3, 0.4) is 0 Å². The summed E-state index contributed by atoms with van der Waals surface area (Å²) >= 11 is 1.26. The lowest BCUT2D eigenvalue weighted by atomic mass is 10.1. The summed E-state index contributed by atoms with van der Waals surface area (Å²) in [4.78, 5) is 24.1. The van der Waals surface area contributed by atoms with Gasteiger partial charge in [0.15, 0.2) is 0 Å². The number of nitrogens with one attached hydrogen (secondary N) is 1. The van der Waals surface area contributed by atoms with Crippen LogP contribution in [0.25, 0.3) is 10.1 Å². The van der Waals surface area contributed by atoms with E-state index in [0.29, 0.717) is 28.2 Å². The molecule has 2 N–H and O–H groups in total. The van der Waals surface area contributed by atoms with Gasteiger partial charge >= 0.3 is 5.97 Å². The normalized spacial score (nSPS) is 15.7. The highest BCUT2D eigenvalue weighted by molar-refractivity contribution is 7.21. The molecule has 1 aromatic carbocycles. The molecule has 4 nitrogen and oxygen atoms in total. The summed E-state index contributed by atoms with van der Waals surface area (Å²) in [6.07, 6.45) is 2.53. The van der Waals surface area contributed by atoms with E-state index < -0.39 is 17.9 Å². The third kappa shape index (κ3) is 2.97. The van der Waals surface area contributed by atoms with Gasteiger partial charge in [0.2, 0.25) is 0 Å². The number of aliphatic carboxylic acids is 1. The van der Waals surface area contributed by atoms with E-state index in [1.807, 2.05) is 0 Å². The minimum absolute atomic E-state index is 0.350. The van der Waals surface area contributed by atoms with Crippen LogP contribution in [-0.2, 0) is 4.79 Å². The summed E-state index contributed by atoms with van der Waals surface area (Å²) in [6, 6.07) is 3.53. The Balaban J connectivity index is 1.84. The number of aryl methyl sites for hydroxylation is 1. The molecule has 1 aliphatic rings. The van der Waals surface area contributed by atoms with E-state index in [2.05, 4.69) is 5.32 Å². The zero-order valence-corrected chi connectivity index (χ0v) is 12.9. The van der Waals surface area contributed by atoms with Gasteiger partial charge < -0.3 is 10.4 Å². The van der Waals surface area contributed by atoms with E-state index in [4.69, 9.17) is 0 Å². The van der Waals surface area contributed by atoms with Crippen molar-refractivity contribution in [2.24, 2.45) is 5.92 Å². The lowest BCUT2D eigenvalue weighted by Gasteiger charge is -2.13. The van der Waals surface area contributed by atoms with Crippen LogP contribution < -0.4 is 5.32 Å². The average molecular weight is 321 g/mol. The fourth-order valence-electron chi connectivity index (χ4n) is 2.54. The highest BCUT2D eigenvalue weighted by atomic mass is 32.1. The number of rotatable bonds is 5. The minimum Gasteiger partial charge on any atom is -0.480 e. The molecule has 3 rings (SSSR count). The van der Waals surface area contributed by atoms with Crippen LogP contribution in [-0.4, -0.2) is 23.0 Å². The zero-order chi connectivity index (χ0) is 15.9. The number of fused-ring (bicyclic) bond motifs is 1. The maximum atomic E-state index is 13.3. The molecule has 22 heavy (non-hydrogen) atoms. The molecule has 2 aromatic rings. The first kappa shape index (κ1) is 15.0. The van der Waals surface area contributed by atoms with Crippen molar-refractivity contribution in [3.8, 4) is 0 Å². The molecule has 116 valence electrons. The van der Waals surface area contributed by atoms with Gasteiger partial charge in [0.05, 0.1) is 4.88 Å². The van der Waals surface area contributed by atoms with Crippen molar-refractivity contribution in [2.75, 3.05) is 0 Å². The fourth-order valence-corrected chi connectivity index (χ4v) is 3.63. The Morgan fingerprint density at radius 1 is 1.45 bits per heavy atom. The number of thiophene rings is 1. The first-order valence-electron chi connectivity index (χ1n) is 7.18. The largest absolute Gasteiger partial charge is 0.480 e. The number of amides is 1. The van der Waals surface area contributed by atoms with E-state index in [1.54, 1.807) is 13.0 Å². The van der Waals surface area contributed by atoms with Crippen molar-refractivity contribution in [2.45, 2.75) is 32.2 Å². The Kier molecular flexibility index (Phi) is 3.87. The Morgan fingerprint density at radius 3 is 2.82 bits per heavy atom. The highest BCUT2D eigenvalue weighted by Crippen LogP contribution is 2.34. The van der Waals surface area contributed by atoms with Gasteiger partial charge in [0.25, 0.3) is 5.91 Å². The summed E-state index contributed by atoms with van der Waals surface area (Å²) in [7, 11) is 0. The van der Waals surface area contributed by atoms with Crippen molar-refractivity contribution in [3.63, 3.8) is 0 Å². The second-order valence-corrected chi connectivity index (χ2v) is 6.79. The number of benzene rings is 1. The Morgan fingerprint density at radius 2 is 2.18 bits per heavy atom. The lowest BCUT2D eigenvalue weighted by molar-refractivity contribution is -0.139. The number of carbonyl (C=O) groups is 2. The third-order valence-electron chi connectivity index (χ3n) is 3.97. The van der Waals surface area contributed by atoms with Crippen LogP contribution in [0.2, 0.25) is 0 Å². The molecule has 1 fully saturated rings. The molecule has 1 atom stereocenters. The summed E-state index contributed by atoms with van der Waals surface area (Å²) < 4.78 is 14.1. The quantitative estimate of drug-likeness (QED) is 0.887. The molecule has 1 saturated carbocycles. The maximum Gasteiger partial charge on any atom is 0.326 e. The molecular weight excluding hydrogens is 305 g/mol. The standard InChI is InChI=1S/C16H16FNO3S/c1-8-11-7-10(17)4-5-13(11)22-14(8)15(19)18-12(16(20)21)6-9-2-3-9/h4-5,7,9,12H,2-3,6H2,1H3,(H,18,19)(H,20,21). The number of carboxylic acid groups (broad SMARTS) is 1. The van der Waals surface area contributed by atoms with E-state index in [0.717, 1.165) is 17.5 Å². The highest BCUT2D eigenvalue weighted by Gasteiger charge is 2.31. The number of carboxylic acids is 1.